The summed E-state index contributed by atoms with van der Waals surface area (Å²) in [4.78, 5) is 29.6. The molecule has 0 spiro atoms. The number of carbonyl (C=O) groups excluding carboxylic acids is 2. The van der Waals surface area contributed by atoms with Crippen LogP contribution in [0.1, 0.15) is 43.0 Å². The summed E-state index contributed by atoms with van der Waals surface area (Å²) in [6, 6.07) is 24.6. The number of urea groups is 1. The maximum absolute atomic E-state index is 13.3. The number of aromatic nitrogens is 3. The van der Waals surface area contributed by atoms with Gasteiger partial charge in [0, 0.05) is 30.1 Å². The lowest BCUT2D eigenvalue weighted by molar-refractivity contribution is -0.117. The normalized spacial score (nSPS) is 10.9. The number of amides is 3. The molecule has 232 valence electrons. The van der Waals surface area contributed by atoms with Crippen LogP contribution in [0.25, 0.3) is 16.5 Å². The number of ether oxygens (including phenoxy) is 2. The van der Waals surface area contributed by atoms with Gasteiger partial charge in [-0.3, -0.25) is 10.1 Å². The van der Waals surface area contributed by atoms with Crippen LogP contribution in [0.15, 0.2) is 85.1 Å². The number of aryl methyl sites for hydroxylation is 2. The first-order valence-electron chi connectivity index (χ1n) is 15.1. The molecule has 45 heavy (non-hydrogen) atoms. The summed E-state index contributed by atoms with van der Waals surface area (Å²) in [7, 11) is 1.55. The zero-order valence-corrected chi connectivity index (χ0v) is 25.8. The third-order valence-corrected chi connectivity index (χ3v) is 7.22. The third kappa shape index (κ3) is 8.24. The second kappa shape index (κ2) is 15.0. The Balaban J connectivity index is 1.30. The molecular formula is C35H38N6O4. The Bertz CT molecular complexity index is 1770. The molecule has 0 saturated heterocycles. The predicted molar refractivity (Wildman–Crippen MR) is 177 cm³/mol. The first-order chi connectivity index (χ1) is 21.9. The van der Waals surface area contributed by atoms with Crippen molar-refractivity contribution in [1.29, 1.82) is 0 Å². The summed E-state index contributed by atoms with van der Waals surface area (Å²) >= 11 is 0. The van der Waals surface area contributed by atoms with Gasteiger partial charge in [-0.2, -0.15) is 5.10 Å². The molecule has 0 fully saturated rings. The Morgan fingerprint density at radius 2 is 1.71 bits per heavy atom. The first kappa shape index (κ1) is 31.2. The van der Waals surface area contributed by atoms with E-state index < -0.39 is 0 Å². The van der Waals surface area contributed by atoms with Gasteiger partial charge in [0.1, 0.15) is 24.0 Å². The van der Waals surface area contributed by atoms with Gasteiger partial charge in [-0.15, -0.1) is 0 Å². The highest BCUT2D eigenvalue weighted by molar-refractivity contribution is 6.07. The second-order valence-electron chi connectivity index (χ2n) is 10.7. The highest BCUT2D eigenvalue weighted by Gasteiger charge is 2.15. The van der Waals surface area contributed by atoms with Crippen molar-refractivity contribution >= 4 is 40.0 Å². The minimum atomic E-state index is -0.374. The van der Waals surface area contributed by atoms with Crippen molar-refractivity contribution in [2.75, 3.05) is 29.7 Å². The average Bonchev–Trinajstić information content (AvgIpc) is 3.45. The standard InChI is InChI=1S/C35H38N6O4/c1-4-5-8-26-22-33(41(40-26)27-13-11-24(2)12-14-27)39-35(43)37-30-15-16-31(29-10-7-6-9-28(29)30)45-23-25-17-19-36-32(21-25)38-34(42)18-20-44-3/h6-7,9-17,19,21-22H,4-5,8,18,20,23H2,1-3H3,(H,36,38,42)(H2,37,39,43). The van der Waals surface area contributed by atoms with Crippen molar-refractivity contribution in [3.63, 3.8) is 0 Å². The number of hydrogen-bond acceptors (Lipinski definition) is 6. The maximum atomic E-state index is 13.3. The molecule has 0 aliphatic rings. The molecule has 0 atom stereocenters. The van der Waals surface area contributed by atoms with Gasteiger partial charge >= 0.3 is 6.03 Å². The Morgan fingerprint density at radius 3 is 2.49 bits per heavy atom. The van der Waals surface area contributed by atoms with Gasteiger partial charge < -0.3 is 20.1 Å². The average molecular weight is 607 g/mol. The Hall–Kier alpha value is -5.22. The maximum Gasteiger partial charge on any atom is 0.324 e. The van der Waals surface area contributed by atoms with Gasteiger partial charge in [0.2, 0.25) is 5.91 Å². The van der Waals surface area contributed by atoms with Crippen molar-refractivity contribution in [2.45, 2.75) is 46.1 Å². The number of methoxy groups -OCH3 is 1. The van der Waals surface area contributed by atoms with Gasteiger partial charge in [-0.25, -0.2) is 14.5 Å². The highest BCUT2D eigenvalue weighted by Crippen LogP contribution is 2.32. The first-order valence-corrected chi connectivity index (χ1v) is 15.1. The second-order valence-corrected chi connectivity index (χ2v) is 10.7. The molecule has 0 unspecified atom stereocenters. The summed E-state index contributed by atoms with van der Waals surface area (Å²) < 4.78 is 12.9. The largest absolute Gasteiger partial charge is 0.488 e. The molecule has 0 saturated carbocycles. The van der Waals surface area contributed by atoms with Crippen LogP contribution in [0.5, 0.6) is 5.75 Å². The van der Waals surface area contributed by atoms with Crippen LogP contribution in [-0.4, -0.2) is 40.4 Å². The van der Waals surface area contributed by atoms with Gasteiger partial charge in [0.05, 0.1) is 30.1 Å². The van der Waals surface area contributed by atoms with Crippen LogP contribution in [-0.2, 0) is 22.6 Å². The molecule has 3 N–H and O–H groups in total. The van der Waals surface area contributed by atoms with E-state index >= 15 is 0 Å². The lowest BCUT2D eigenvalue weighted by Gasteiger charge is -2.15. The van der Waals surface area contributed by atoms with E-state index in [2.05, 4.69) is 27.9 Å². The van der Waals surface area contributed by atoms with Crippen LogP contribution < -0.4 is 20.7 Å². The molecule has 5 aromatic rings. The van der Waals surface area contributed by atoms with Crippen LogP contribution in [0.2, 0.25) is 0 Å². The molecule has 10 heteroatoms. The number of hydrogen-bond donors (Lipinski definition) is 3. The van der Waals surface area contributed by atoms with Crippen LogP contribution in [0.4, 0.5) is 22.1 Å². The number of benzene rings is 3. The molecule has 2 aromatic heterocycles. The van der Waals surface area contributed by atoms with E-state index in [-0.39, 0.29) is 25.0 Å². The predicted octanol–water partition coefficient (Wildman–Crippen LogP) is 7.27. The number of anilines is 3. The molecule has 0 radical (unpaired) electrons. The number of carbonyl (C=O) groups is 2. The van der Waals surface area contributed by atoms with Crippen molar-refractivity contribution in [3.8, 4) is 11.4 Å². The molecule has 0 bridgehead atoms. The summed E-state index contributed by atoms with van der Waals surface area (Å²) in [6.07, 6.45) is 4.79. The smallest absolute Gasteiger partial charge is 0.324 e. The van der Waals surface area contributed by atoms with Crippen molar-refractivity contribution in [3.05, 3.63) is 102 Å². The van der Waals surface area contributed by atoms with Crippen molar-refractivity contribution in [2.24, 2.45) is 0 Å². The molecule has 0 aliphatic heterocycles. The van der Waals surface area contributed by atoms with E-state index in [9.17, 15) is 9.59 Å². The lowest BCUT2D eigenvalue weighted by Crippen LogP contribution is -2.21. The van der Waals surface area contributed by atoms with E-state index in [4.69, 9.17) is 14.6 Å². The monoisotopic (exact) mass is 606 g/mol. The molecule has 3 aromatic carbocycles. The van der Waals surface area contributed by atoms with E-state index in [0.717, 1.165) is 52.5 Å². The fourth-order valence-corrected chi connectivity index (χ4v) is 4.85. The topological polar surface area (TPSA) is 119 Å². The van der Waals surface area contributed by atoms with Crippen LogP contribution >= 0.6 is 0 Å². The number of nitrogens with one attached hydrogen (secondary N) is 3. The Morgan fingerprint density at radius 1 is 0.911 bits per heavy atom. The number of unbranched alkanes of at least 4 members (excludes halogenated alkanes) is 1. The lowest BCUT2D eigenvalue weighted by atomic mass is 10.1. The fourth-order valence-electron chi connectivity index (χ4n) is 4.85. The van der Waals surface area contributed by atoms with Crippen LogP contribution in [0.3, 0.4) is 0 Å². The highest BCUT2D eigenvalue weighted by atomic mass is 16.5. The van der Waals surface area contributed by atoms with Gasteiger partial charge in [-0.1, -0.05) is 55.3 Å². The van der Waals surface area contributed by atoms with Gasteiger partial charge in [-0.05, 0) is 61.7 Å². The zero-order valence-electron chi connectivity index (χ0n) is 25.8. The van der Waals surface area contributed by atoms with Gasteiger partial charge in [0.25, 0.3) is 0 Å². The van der Waals surface area contributed by atoms with Crippen LogP contribution in [0, 0.1) is 6.92 Å². The number of fused-ring (bicyclic) bond motifs is 1. The number of nitrogens with zero attached hydrogens (tertiary/aromatic N) is 3. The summed E-state index contributed by atoms with van der Waals surface area (Å²) in [5.41, 5.74) is 4.44. The summed E-state index contributed by atoms with van der Waals surface area (Å²) in [6.45, 7) is 4.79. The Labute approximate surface area is 262 Å². The van der Waals surface area contributed by atoms with Crippen molar-refractivity contribution in [1.82, 2.24) is 14.8 Å². The zero-order chi connectivity index (χ0) is 31.6. The number of rotatable bonds is 13. The number of pyridine rings is 1. The molecule has 0 aliphatic carbocycles. The minimum Gasteiger partial charge on any atom is -0.488 e. The SMILES string of the molecule is CCCCc1cc(NC(=O)Nc2ccc(OCc3ccnc(NC(=O)CCOC)c3)c3ccccc23)n(-c2ccc(C)cc2)n1. The molecular weight excluding hydrogens is 568 g/mol. The van der Waals surface area contributed by atoms with E-state index in [1.807, 2.05) is 79.7 Å². The van der Waals surface area contributed by atoms with E-state index in [0.29, 0.717) is 29.7 Å². The summed E-state index contributed by atoms with van der Waals surface area (Å²) in [5, 5.41) is 15.2. The quantitative estimate of drug-likeness (QED) is 0.130. The Kier molecular flexibility index (Phi) is 10.4. The van der Waals surface area contributed by atoms with Gasteiger partial charge in [0.15, 0.2) is 0 Å². The fraction of sp³-hybridized carbons (Fsp3) is 0.257. The molecule has 10 nitrogen and oxygen atoms in total. The van der Waals surface area contributed by atoms with E-state index in [1.165, 1.54) is 0 Å². The molecule has 3 amide bonds. The van der Waals surface area contributed by atoms with E-state index in [1.54, 1.807) is 24.1 Å². The minimum absolute atomic E-state index is 0.169. The summed E-state index contributed by atoms with van der Waals surface area (Å²) in [5.74, 6) is 1.54. The molecule has 5 rings (SSSR count). The molecule has 2 heterocycles. The van der Waals surface area contributed by atoms with Crippen molar-refractivity contribution < 1.29 is 19.1 Å². The third-order valence-electron chi connectivity index (χ3n) is 7.22.